The highest BCUT2D eigenvalue weighted by Gasteiger charge is 2.25. The van der Waals surface area contributed by atoms with Gasteiger partial charge in [0, 0.05) is 0 Å². The van der Waals surface area contributed by atoms with Gasteiger partial charge in [-0.1, -0.05) is 12.1 Å². The molecular formula is C11H11ClO2. The van der Waals surface area contributed by atoms with E-state index in [0.717, 1.165) is 24.0 Å². The number of halogens is 1. The molecule has 0 radical (unpaired) electrons. The van der Waals surface area contributed by atoms with E-state index in [9.17, 15) is 4.79 Å². The molecule has 0 aliphatic heterocycles. The summed E-state index contributed by atoms with van der Waals surface area (Å²) in [6.07, 6.45) is 1.78. The lowest BCUT2D eigenvalue weighted by atomic mass is 10.0. The van der Waals surface area contributed by atoms with E-state index in [0.29, 0.717) is 5.56 Å². The second kappa shape index (κ2) is 3.62. The lowest BCUT2D eigenvalue weighted by Gasteiger charge is -2.06. The minimum atomic E-state index is -0.271. The Kier molecular flexibility index (Phi) is 2.46. The zero-order valence-electron chi connectivity index (χ0n) is 7.92. The molecule has 0 heterocycles. The van der Waals surface area contributed by atoms with Crippen LogP contribution in [0.1, 0.15) is 33.3 Å². The van der Waals surface area contributed by atoms with Crippen LogP contribution in [0.15, 0.2) is 18.2 Å². The predicted octanol–water partition coefficient (Wildman–Crippen LogP) is 2.70. The van der Waals surface area contributed by atoms with Gasteiger partial charge in [0.05, 0.1) is 18.1 Å². The second-order valence-corrected chi connectivity index (χ2v) is 3.90. The zero-order valence-corrected chi connectivity index (χ0v) is 8.67. The van der Waals surface area contributed by atoms with Crippen LogP contribution in [0.25, 0.3) is 0 Å². The number of fused-ring (bicyclic) bond motifs is 1. The molecule has 0 bridgehead atoms. The average molecular weight is 211 g/mol. The molecule has 1 aromatic carbocycles. The molecule has 0 aromatic heterocycles. The highest BCUT2D eigenvalue weighted by atomic mass is 35.5. The van der Waals surface area contributed by atoms with Crippen LogP contribution in [0.4, 0.5) is 0 Å². The number of alkyl halides is 1. The summed E-state index contributed by atoms with van der Waals surface area (Å²) in [6.45, 7) is 0. The molecule has 1 atom stereocenters. The third-order valence-electron chi connectivity index (χ3n) is 2.60. The Balaban J connectivity index is 2.49. The van der Waals surface area contributed by atoms with Crippen molar-refractivity contribution in [3.63, 3.8) is 0 Å². The monoisotopic (exact) mass is 210 g/mol. The predicted molar refractivity (Wildman–Crippen MR) is 54.7 cm³/mol. The fourth-order valence-electron chi connectivity index (χ4n) is 1.90. The van der Waals surface area contributed by atoms with Gasteiger partial charge in [-0.25, -0.2) is 4.79 Å². The van der Waals surface area contributed by atoms with E-state index in [1.807, 2.05) is 12.1 Å². The largest absolute Gasteiger partial charge is 0.465 e. The van der Waals surface area contributed by atoms with Crippen LogP contribution >= 0.6 is 11.6 Å². The van der Waals surface area contributed by atoms with Gasteiger partial charge in [0.2, 0.25) is 0 Å². The Bertz CT molecular complexity index is 374. The molecule has 2 rings (SSSR count). The molecule has 14 heavy (non-hydrogen) atoms. The van der Waals surface area contributed by atoms with Crippen LogP contribution in [-0.2, 0) is 11.2 Å². The first-order valence-corrected chi connectivity index (χ1v) is 5.02. The number of hydrogen-bond donors (Lipinski definition) is 0. The summed E-state index contributed by atoms with van der Waals surface area (Å²) < 4.78 is 4.71. The molecule has 1 aliphatic carbocycles. The Hall–Kier alpha value is -1.02. The van der Waals surface area contributed by atoms with Gasteiger partial charge in [-0.15, -0.1) is 11.6 Å². The van der Waals surface area contributed by atoms with Crippen LogP contribution in [0, 0.1) is 0 Å². The van der Waals surface area contributed by atoms with E-state index < -0.39 is 0 Å². The standard InChI is InChI=1S/C11H11ClO2/c1-14-11(13)9-4-2-3-8-7(9)5-6-10(8)12/h2-4,10H,5-6H2,1H3/t10-/m1/s1. The van der Waals surface area contributed by atoms with Gasteiger partial charge in [-0.05, 0) is 30.0 Å². The van der Waals surface area contributed by atoms with Crippen LogP contribution in [0.5, 0.6) is 0 Å². The van der Waals surface area contributed by atoms with Crippen LogP contribution in [0.2, 0.25) is 0 Å². The Labute approximate surface area is 87.8 Å². The second-order valence-electron chi connectivity index (χ2n) is 3.37. The van der Waals surface area contributed by atoms with E-state index in [1.54, 1.807) is 6.07 Å². The molecule has 74 valence electrons. The van der Waals surface area contributed by atoms with E-state index in [4.69, 9.17) is 16.3 Å². The summed E-state index contributed by atoms with van der Waals surface area (Å²) >= 11 is 6.11. The Morgan fingerprint density at radius 3 is 3.07 bits per heavy atom. The average Bonchev–Trinajstić information content (AvgIpc) is 2.59. The number of carbonyl (C=O) groups is 1. The molecule has 0 saturated heterocycles. The zero-order chi connectivity index (χ0) is 10.1. The first-order valence-electron chi connectivity index (χ1n) is 4.58. The first-order chi connectivity index (χ1) is 6.74. The summed E-state index contributed by atoms with van der Waals surface area (Å²) in [5.74, 6) is -0.271. The molecular weight excluding hydrogens is 200 g/mol. The number of rotatable bonds is 1. The number of ether oxygens (including phenoxy) is 1. The molecule has 0 fully saturated rings. The van der Waals surface area contributed by atoms with Crippen molar-refractivity contribution in [2.45, 2.75) is 18.2 Å². The van der Waals surface area contributed by atoms with E-state index in [1.165, 1.54) is 7.11 Å². The van der Waals surface area contributed by atoms with Crippen molar-refractivity contribution >= 4 is 17.6 Å². The number of esters is 1. The number of hydrogen-bond acceptors (Lipinski definition) is 2. The summed E-state index contributed by atoms with van der Waals surface area (Å²) in [5, 5.41) is 0.0506. The number of carbonyl (C=O) groups excluding carboxylic acids is 1. The van der Waals surface area contributed by atoms with Crippen LogP contribution in [-0.4, -0.2) is 13.1 Å². The third kappa shape index (κ3) is 1.40. The van der Waals surface area contributed by atoms with Crippen LogP contribution < -0.4 is 0 Å². The molecule has 0 spiro atoms. The SMILES string of the molecule is COC(=O)c1cccc2c1CC[C@H]2Cl. The molecule has 0 amide bonds. The van der Waals surface area contributed by atoms with Gasteiger partial charge in [-0.2, -0.15) is 0 Å². The first kappa shape index (κ1) is 9.53. The fraction of sp³-hybridized carbons (Fsp3) is 0.364. The quantitative estimate of drug-likeness (QED) is 0.526. The molecule has 1 aliphatic rings. The fourth-order valence-corrected chi connectivity index (χ4v) is 2.22. The summed E-state index contributed by atoms with van der Waals surface area (Å²) in [5.41, 5.74) is 2.79. The van der Waals surface area contributed by atoms with Crippen molar-refractivity contribution in [3.05, 3.63) is 34.9 Å². The maximum absolute atomic E-state index is 11.4. The molecule has 3 heteroatoms. The lowest BCUT2D eigenvalue weighted by Crippen LogP contribution is -2.05. The van der Waals surface area contributed by atoms with Gasteiger partial charge in [0.15, 0.2) is 0 Å². The molecule has 0 unspecified atom stereocenters. The number of benzene rings is 1. The van der Waals surface area contributed by atoms with Gasteiger partial charge < -0.3 is 4.74 Å². The maximum Gasteiger partial charge on any atom is 0.338 e. The normalized spacial score (nSPS) is 19.1. The molecule has 2 nitrogen and oxygen atoms in total. The van der Waals surface area contributed by atoms with E-state index >= 15 is 0 Å². The topological polar surface area (TPSA) is 26.3 Å². The lowest BCUT2D eigenvalue weighted by molar-refractivity contribution is 0.0599. The minimum absolute atomic E-state index is 0.0506. The Morgan fingerprint density at radius 1 is 1.57 bits per heavy atom. The highest BCUT2D eigenvalue weighted by Crippen LogP contribution is 2.37. The van der Waals surface area contributed by atoms with E-state index in [-0.39, 0.29) is 11.3 Å². The molecule has 1 aromatic rings. The summed E-state index contributed by atoms with van der Waals surface area (Å²) in [6, 6.07) is 5.62. The minimum Gasteiger partial charge on any atom is -0.465 e. The molecule has 0 saturated carbocycles. The maximum atomic E-state index is 11.4. The molecule has 0 N–H and O–H groups in total. The van der Waals surface area contributed by atoms with Gasteiger partial charge >= 0.3 is 5.97 Å². The van der Waals surface area contributed by atoms with Crippen molar-refractivity contribution in [1.82, 2.24) is 0 Å². The third-order valence-corrected chi connectivity index (χ3v) is 3.06. The summed E-state index contributed by atoms with van der Waals surface area (Å²) in [7, 11) is 1.40. The number of methoxy groups -OCH3 is 1. The van der Waals surface area contributed by atoms with Gasteiger partial charge in [0.25, 0.3) is 0 Å². The Morgan fingerprint density at radius 2 is 2.36 bits per heavy atom. The van der Waals surface area contributed by atoms with Gasteiger partial charge in [-0.3, -0.25) is 0 Å². The van der Waals surface area contributed by atoms with Crippen LogP contribution in [0.3, 0.4) is 0 Å². The van der Waals surface area contributed by atoms with Crippen molar-refractivity contribution < 1.29 is 9.53 Å². The van der Waals surface area contributed by atoms with Crippen molar-refractivity contribution in [2.24, 2.45) is 0 Å². The van der Waals surface area contributed by atoms with Crippen molar-refractivity contribution in [1.29, 1.82) is 0 Å². The smallest absolute Gasteiger partial charge is 0.338 e. The van der Waals surface area contributed by atoms with Gasteiger partial charge in [0.1, 0.15) is 0 Å². The highest BCUT2D eigenvalue weighted by molar-refractivity contribution is 6.21. The summed E-state index contributed by atoms with van der Waals surface area (Å²) in [4.78, 5) is 11.4. The van der Waals surface area contributed by atoms with Crippen molar-refractivity contribution in [3.8, 4) is 0 Å². The van der Waals surface area contributed by atoms with Crippen molar-refractivity contribution in [2.75, 3.05) is 7.11 Å². The van der Waals surface area contributed by atoms with E-state index in [2.05, 4.69) is 0 Å².